The van der Waals surface area contributed by atoms with Crippen LogP contribution in [-0.2, 0) is 24.2 Å². The number of nitrogens with one attached hydrogen (secondary N) is 1. The summed E-state index contributed by atoms with van der Waals surface area (Å²) in [5.41, 5.74) is -0.0391. The summed E-state index contributed by atoms with van der Waals surface area (Å²) in [5.74, 6) is -2.07. The van der Waals surface area contributed by atoms with E-state index < -0.39 is 45.4 Å². The second kappa shape index (κ2) is 9.29. The Bertz CT molecular complexity index is 991. The molecule has 2 aromatic rings. The maximum Gasteiger partial charge on any atom is 0.307 e. The second-order valence-electron chi connectivity index (χ2n) is 5.54. The van der Waals surface area contributed by atoms with Gasteiger partial charge in [0.05, 0.1) is 22.0 Å². The third-order valence-corrected chi connectivity index (χ3v) is 5.44. The predicted molar refractivity (Wildman–Crippen MR) is 101 cm³/mol. The number of hydrogen-bond donors (Lipinski definition) is 1. The Kier molecular flexibility index (Phi) is 7.07. The fourth-order valence-corrected chi connectivity index (χ4v) is 3.44. The van der Waals surface area contributed by atoms with Gasteiger partial charge in [-0.25, -0.2) is 8.42 Å². The highest BCUT2D eigenvalue weighted by atomic mass is 35.5. The normalized spacial score (nSPS) is 10.9. The Morgan fingerprint density at radius 1 is 1.14 bits per heavy atom. The summed E-state index contributed by atoms with van der Waals surface area (Å²) in [6.45, 7) is -0.650. The smallest absolute Gasteiger partial charge is 0.307 e. The zero-order valence-electron chi connectivity index (χ0n) is 14.3. The van der Waals surface area contributed by atoms with Crippen molar-refractivity contribution in [1.82, 2.24) is 0 Å². The number of non-ortho nitro benzene ring substituents is 1. The molecule has 28 heavy (non-hydrogen) atoms. The molecule has 0 saturated heterocycles. The quantitative estimate of drug-likeness (QED) is 0.389. The number of hydrogen-bond acceptors (Lipinski definition) is 7. The zero-order valence-corrected chi connectivity index (χ0v) is 15.9. The van der Waals surface area contributed by atoms with Crippen molar-refractivity contribution in [2.24, 2.45) is 0 Å². The van der Waals surface area contributed by atoms with Crippen molar-refractivity contribution in [3.05, 3.63) is 63.7 Å². The third kappa shape index (κ3) is 6.32. The number of nitro groups is 1. The summed E-state index contributed by atoms with van der Waals surface area (Å²) in [4.78, 5) is 33.6. The number of amides is 1. The highest BCUT2D eigenvalue weighted by molar-refractivity contribution is 7.91. The lowest BCUT2D eigenvalue weighted by molar-refractivity contribution is -0.384. The number of carbonyl (C=O) groups is 2. The van der Waals surface area contributed by atoms with Crippen molar-refractivity contribution in [2.45, 2.75) is 11.3 Å². The van der Waals surface area contributed by atoms with Crippen molar-refractivity contribution < 1.29 is 27.7 Å². The van der Waals surface area contributed by atoms with Gasteiger partial charge in [0.2, 0.25) is 0 Å². The van der Waals surface area contributed by atoms with Crippen LogP contribution in [-0.4, -0.2) is 37.6 Å². The van der Waals surface area contributed by atoms with Crippen LogP contribution in [0.5, 0.6) is 0 Å². The van der Waals surface area contributed by atoms with E-state index in [2.05, 4.69) is 5.32 Å². The first-order valence-corrected chi connectivity index (χ1v) is 9.88. The molecule has 11 heteroatoms. The number of nitrogens with zero attached hydrogens (tertiary/aromatic N) is 1. The van der Waals surface area contributed by atoms with E-state index >= 15 is 0 Å². The minimum absolute atomic E-state index is 0.0214. The lowest BCUT2D eigenvalue weighted by atomic mass is 10.3. The fraction of sp³-hybridized carbons (Fsp3) is 0.176. The van der Waals surface area contributed by atoms with Gasteiger partial charge in [-0.1, -0.05) is 17.7 Å². The Morgan fingerprint density at radius 2 is 1.82 bits per heavy atom. The zero-order chi connectivity index (χ0) is 20.7. The van der Waals surface area contributed by atoms with Crippen molar-refractivity contribution >= 4 is 44.7 Å². The molecule has 0 aromatic heterocycles. The molecule has 0 fully saturated rings. The lowest BCUT2D eigenvalue weighted by Crippen LogP contribution is -2.22. The van der Waals surface area contributed by atoms with Crippen LogP contribution in [0.25, 0.3) is 0 Å². The van der Waals surface area contributed by atoms with Gasteiger partial charge in [0.15, 0.2) is 16.4 Å². The minimum Gasteiger partial charge on any atom is -0.456 e. The first kappa shape index (κ1) is 21.3. The number of esters is 1. The van der Waals surface area contributed by atoms with Gasteiger partial charge in [0.1, 0.15) is 0 Å². The maximum absolute atomic E-state index is 12.1. The van der Waals surface area contributed by atoms with E-state index in [0.29, 0.717) is 5.02 Å². The topological polar surface area (TPSA) is 133 Å². The molecular weight excluding hydrogens is 412 g/mol. The van der Waals surface area contributed by atoms with Crippen LogP contribution in [0.3, 0.4) is 0 Å². The first-order chi connectivity index (χ1) is 13.2. The van der Waals surface area contributed by atoms with Crippen molar-refractivity contribution in [1.29, 1.82) is 0 Å². The van der Waals surface area contributed by atoms with Crippen LogP contribution in [0.15, 0.2) is 53.4 Å². The van der Waals surface area contributed by atoms with Gasteiger partial charge in [-0.3, -0.25) is 19.7 Å². The summed E-state index contributed by atoms with van der Waals surface area (Å²) in [5, 5.41) is 13.4. The largest absolute Gasteiger partial charge is 0.456 e. The van der Waals surface area contributed by atoms with Gasteiger partial charge in [0.25, 0.3) is 11.6 Å². The lowest BCUT2D eigenvalue weighted by Gasteiger charge is -2.07. The molecule has 9 nitrogen and oxygen atoms in total. The highest BCUT2D eigenvalue weighted by Crippen LogP contribution is 2.17. The molecule has 0 aliphatic rings. The number of rotatable bonds is 8. The Hall–Kier alpha value is -2.98. The standard InChI is InChI=1S/C17H15ClN2O7S/c18-12-4-6-15(7-5-12)28(25,26)9-8-17(22)27-11-16(21)19-13-2-1-3-14(10-13)20(23)24/h1-7,10H,8-9,11H2,(H,19,21). The summed E-state index contributed by atoms with van der Waals surface area (Å²) < 4.78 is 29.0. The molecule has 1 N–H and O–H groups in total. The van der Waals surface area contributed by atoms with Crippen LogP contribution < -0.4 is 5.32 Å². The number of nitro benzene ring substituents is 1. The van der Waals surface area contributed by atoms with E-state index in [1.807, 2.05) is 0 Å². The molecule has 2 aromatic carbocycles. The summed E-state index contributed by atoms with van der Waals surface area (Å²) in [6, 6.07) is 10.7. The number of ether oxygens (including phenoxy) is 1. The summed E-state index contributed by atoms with van der Waals surface area (Å²) in [7, 11) is -3.70. The molecule has 0 unspecified atom stereocenters. The Morgan fingerprint density at radius 3 is 2.46 bits per heavy atom. The molecule has 1 amide bonds. The number of halogens is 1. The molecule has 0 spiro atoms. The molecule has 0 aliphatic heterocycles. The molecule has 2 rings (SSSR count). The first-order valence-electron chi connectivity index (χ1n) is 7.85. The number of benzene rings is 2. The number of anilines is 1. The van der Waals surface area contributed by atoms with E-state index in [4.69, 9.17) is 16.3 Å². The molecule has 0 saturated carbocycles. The van der Waals surface area contributed by atoms with E-state index in [9.17, 15) is 28.1 Å². The predicted octanol–water partition coefficient (Wildman–Crippen LogP) is 2.59. The Balaban J connectivity index is 1.82. The summed E-state index contributed by atoms with van der Waals surface area (Å²) in [6.07, 6.45) is -0.435. The van der Waals surface area contributed by atoms with Crippen molar-refractivity contribution in [2.75, 3.05) is 17.7 Å². The molecule has 0 atom stereocenters. The molecule has 0 aliphatic carbocycles. The Labute approximate surface area is 165 Å². The van der Waals surface area contributed by atoms with E-state index in [-0.39, 0.29) is 16.3 Å². The minimum atomic E-state index is -3.70. The monoisotopic (exact) mass is 426 g/mol. The van der Waals surface area contributed by atoms with Crippen LogP contribution in [0.2, 0.25) is 5.02 Å². The van der Waals surface area contributed by atoms with Crippen LogP contribution in [0, 0.1) is 10.1 Å². The van der Waals surface area contributed by atoms with Gasteiger partial charge in [-0.05, 0) is 30.3 Å². The van der Waals surface area contributed by atoms with Gasteiger partial charge >= 0.3 is 5.97 Å². The van der Waals surface area contributed by atoms with Gasteiger partial charge in [-0.15, -0.1) is 0 Å². The summed E-state index contributed by atoms with van der Waals surface area (Å²) >= 11 is 5.70. The number of sulfone groups is 1. The van der Waals surface area contributed by atoms with Gasteiger partial charge in [0, 0.05) is 22.8 Å². The van der Waals surface area contributed by atoms with Crippen LogP contribution in [0.4, 0.5) is 11.4 Å². The third-order valence-electron chi connectivity index (χ3n) is 3.45. The molecule has 0 bridgehead atoms. The molecule has 0 heterocycles. The maximum atomic E-state index is 12.1. The average molecular weight is 427 g/mol. The fourth-order valence-electron chi connectivity index (χ4n) is 2.09. The van der Waals surface area contributed by atoms with Gasteiger partial charge < -0.3 is 10.1 Å². The van der Waals surface area contributed by atoms with E-state index in [1.54, 1.807) is 0 Å². The van der Waals surface area contributed by atoms with Crippen LogP contribution in [0.1, 0.15) is 6.42 Å². The second-order valence-corrected chi connectivity index (χ2v) is 8.08. The van der Waals surface area contributed by atoms with Gasteiger partial charge in [-0.2, -0.15) is 0 Å². The highest BCUT2D eigenvalue weighted by Gasteiger charge is 2.18. The van der Waals surface area contributed by atoms with E-state index in [0.717, 1.165) is 6.07 Å². The van der Waals surface area contributed by atoms with E-state index in [1.165, 1.54) is 42.5 Å². The molecule has 148 valence electrons. The molecular formula is C17H15ClN2O7S. The van der Waals surface area contributed by atoms with Crippen molar-refractivity contribution in [3.8, 4) is 0 Å². The van der Waals surface area contributed by atoms with Crippen LogP contribution >= 0.6 is 11.6 Å². The van der Waals surface area contributed by atoms with Crippen molar-refractivity contribution in [3.63, 3.8) is 0 Å². The number of carbonyl (C=O) groups excluding carboxylic acids is 2. The molecule has 0 radical (unpaired) electrons. The average Bonchev–Trinajstić information content (AvgIpc) is 2.65. The SMILES string of the molecule is O=C(COC(=O)CCS(=O)(=O)c1ccc(Cl)cc1)Nc1cccc([N+](=O)[O-])c1.